The first-order valence-electron chi connectivity index (χ1n) is 7.60. The average molecular weight is 261 g/mol. The molecule has 1 aromatic rings. The first kappa shape index (κ1) is 14.3. The summed E-state index contributed by atoms with van der Waals surface area (Å²) in [5.41, 5.74) is 8.22. The highest BCUT2D eigenvalue weighted by molar-refractivity contribution is 5.44. The quantitative estimate of drug-likeness (QED) is 0.905. The van der Waals surface area contributed by atoms with Gasteiger partial charge in [-0.3, -0.25) is 0 Å². The molecule has 0 bridgehead atoms. The van der Waals surface area contributed by atoms with Gasteiger partial charge in [0.2, 0.25) is 0 Å². The van der Waals surface area contributed by atoms with Crippen LogP contribution in [-0.2, 0) is 13.0 Å². The van der Waals surface area contributed by atoms with E-state index >= 15 is 0 Å². The van der Waals surface area contributed by atoms with Gasteiger partial charge >= 0.3 is 0 Å². The average Bonchev–Trinajstić information content (AvgIpc) is 2.41. The highest BCUT2D eigenvalue weighted by Crippen LogP contribution is 2.27. The van der Waals surface area contributed by atoms with Gasteiger partial charge in [-0.05, 0) is 49.8 Å². The van der Waals surface area contributed by atoms with Crippen molar-refractivity contribution in [3.8, 4) is 0 Å². The minimum absolute atomic E-state index is 0.589. The van der Waals surface area contributed by atoms with Crippen LogP contribution >= 0.6 is 0 Å². The van der Waals surface area contributed by atoms with Gasteiger partial charge in [0.05, 0.1) is 0 Å². The van der Waals surface area contributed by atoms with Crippen molar-refractivity contribution in [1.29, 1.82) is 0 Å². The maximum Gasteiger partial charge on any atom is 0.129 e. The molecule has 1 aliphatic rings. The van der Waals surface area contributed by atoms with E-state index in [1.165, 1.54) is 24.1 Å². The van der Waals surface area contributed by atoms with E-state index in [1.54, 1.807) is 0 Å². The number of anilines is 1. The predicted molar refractivity (Wildman–Crippen MR) is 81.3 cm³/mol. The molecule has 2 atom stereocenters. The Morgan fingerprint density at radius 3 is 2.79 bits per heavy atom. The van der Waals surface area contributed by atoms with Crippen molar-refractivity contribution in [3.05, 3.63) is 23.4 Å². The summed E-state index contributed by atoms with van der Waals surface area (Å²) >= 11 is 0. The molecule has 2 heterocycles. The monoisotopic (exact) mass is 261 g/mol. The van der Waals surface area contributed by atoms with Crippen LogP contribution < -0.4 is 10.6 Å². The summed E-state index contributed by atoms with van der Waals surface area (Å²) in [4.78, 5) is 7.31. The van der Waals surface area contributed by atoms with Gasteiger partial charge in [-0.15, -0.1) is 0 Å². The summed E-state index contributed by atoms with van der Waals surface area (Å²) in [7, 11) is 0. The Balaban J connectivity index is 2.28. The highest BCUT2D eigenvalue weighted by atomic mass is 15.2. The molecule has 106 valence electrons. The lowest BCUT2D eigenvalue weighted by atomic mass is 9.95. The molecule has 1 aliphatic heterocycles. The van der Waals surface area contributed by atoms with Crippen LogP contribution in [0.5, 0.6) is 0 Å². The molecule has 0 saturated carbocycles. The molecule has 0 radical (unpaired) electrons. The summed E-state index contributed by atoms with van der Waals surface area (Å²) < 4.78 is 0. The second kappa shape index (κ2) is 6.38. The molecule has 1 saturated heterocycles. The second-order valence-corrected chi connectivity index (χ2v) is 5.96. The number of hydrogen-bond donors (Lipinski definition) is 1. The zero-order chi connectivity index (χ0) is 13.8. The fourth-order valence-corrected chi connectivity index (χ4v) is 2.89. The van der Waals surface area contributed by atoms with Gasteiger partial charge in [-0.25, -0.2) is 4.98 Å². The number of pyridine rings is 1. The first-order chi connectivity index (χ1) is 9.13. The maximum absolute atomic E-state index is 5.83. The number of nitrogens with zero attached hydrogens (tertiary/aromatic N) is 2. The molecular formula is C16H27N3. The molecule has 0 aliphatic carbocycles. The summed E-state index contributed by atoms with van der Waals surface area (Å²) in [5.74, 6) is 1.89. The molecule has 1 fully saturated rings. The number of nitrogens with two attached hydrogens (primary N) is 1. The van der Waals surface area contributed by atoms with E-state index < -0.39 is 0 Å². The molecule has 2 rings (SSSR count). The molecule has 1 aromatic heterocycles. The highest BCUT2D eigenvalue weighted by Gasteiger charge is 2.24. The van der Waals surface area contributed by atoms with Crippen LogP contribution in [0.15, 0.2) is 12.1 Å². The van der Waals surface area contributed by atoms with E-state index in [-0.39, 0.29) is 0 Å². The van der Waals surface area contributed by atoms with Gasteiger partial charge in [0, 0.05) is 24.8 Å². The number of piperidine rings is 1. The van der Waals surface area contributed by atoms with Gasteiger partial charge in [0.25, 0.3) is 0 Å². The number of aryl methyl sites for hydroxylation is 1. The topological polar surface area (TPSA) is 42.1 Å². The van der Waals surface area contributed by atoms with Crippen LogP contribution in [0.25, 0.3) is 0 Å². The van der Waals surface area contributed by atoms with Crippen molar-refractivity contribution in [3.63, 3.8) is 0 Å². The number of hydrogen-bond acceptors (Lipinski definition) is 3. The largest absolute Gasteiger partial charge is 0.354 e. The SMILES string of the molecule is CCCc1cc(CN)cc(N2CC(C)CCC2C)n1. The molecule has 2 unspecified atom stereocenters. The number of rotatable bonds is 4. The van der Waals surface area contributed by atoms with Crippen LogP contribution in [-0.4, -0.2) is 17.6 Å². The zero-order valence-corrected chi connectivity index (χ0v) is 12.5. The summed E-state index contributed by atoms with van der Waals surface area (Å²) in [6.07, 6.45) is 4.76. The fourth-order valence-electron chi connectivity index (χ4n) is 2.89. The van der Waals surface area contributed by atoms with Crippen molar-refractivity contribution >= 4 is 5.82 Å². The minimum atomic E-state index is 0.589. The Hall–Kier alpha value is -1.09. The van der Waals surface area contributed by atoms with E-state index in [9.17, 15) is 0 Å². The lowest BCUT2D eigenvalue weighted by molar-refractivity contribution is 0.388. The summed E-state index contributed by atoms with van der Waals surface area (Å²) in [6, 6.07) is 4.92. The van der Waals surface area contributed by atoms with E-state index in [0.717, 1.165) is 31.1 Å². The minimum Gasteiger partial charge on any atom is -0.354 e. The molecule has 19 heavy (non-hydrogen) atoms. The van der Waals surface area contributed by atoms with Crippen molar-refractivity contribution in [2.24, 2.45) is 11.7 Å². The standard InChI is InChI=1S/C16H27N3/c1-4-5-15-8-14(10-17)9-16(18-15)19-11-12(2)6-7-13(19)3/h8-9,12-13H,4-7,10-11,17H2,1-3H3. The smallest absolute Gasteiger partial charge is 0.129 e. The fraction of sp³-hybridized carbons (Fsp3) is 0.688. The summed E-state index contributed by atoms with van der Waals surface area (Å²) in [5, 5.41) is 0. The van der Waals surface area contributed by atoms with E-state index in [4.69, 9.17) is 10.7 Å². The Kier molecular flexibility index (Phi) is 4.81. The Morgan fingerprint density at radius 1 is 1.32 bits per heavy atom. The predicted octanol–water partition coefficient (Wildman–Crippen LogP) is 3.12. The van der Waals surface area contributed by atoms with Crippen LogP contribution in [0.1, 0.15) is 51.3 Å². The van der Waals surface area contributed by atoms with E-state index in [0.29, 0.717) is 12.6 Å². The molecule has 3 nitrogen and oxygen atoms in total. The van der Waals surface area contributed by atoms with Crippen molar-refractivity contribution < 1.29 is 0 Å². The molecule has 0 amide bonds. The van der Waals surface area contributed by atoms with Crippen LogP contribution in [0.4, 0.5) is 5.82 Å². The second-order valence-electron chi connectivity index (χ2n) is 5.96. The van der Waals surface area contributed by atoms with Crippen molar-refractivity contribution in [2.45, 2.75) is 59.0 Å². The Bertz CT molecular complexity index is 416. The van der Waals surface area contributed by atoms with Crippen molar-refractivity contribution in [2.75, 3.05) is 11.4 Å². The number of aromatic nitrogens is 1. The van der Waals surface area contributed by atoms with E-state index in [1.807, 2.05) is 0 Å². The van der Waals surface area contributed by atoms with Gasteiger partial charge in [-0.1, -0.05) is 20.3 Å². The Morgan fingerprint density at radius 2 is 2.11 bits per heavy atom. The summed E-state index contributed by atoms with van der Waals surface area (Å²) in [6.45, 7) is 8.56. The molecule has 2 N–H and O–H groups in total. The lowest BCUT2D eigenvalue weighted by Crippen LogP contribution is -2.41. The van der Waals surface area contributed by atoms with Crippen LogP contribution in [0.2, 0.25) is 0 Å². The maximum atomic E-state index is 5.83. The lowest BCUT2D eigenvalue weighted by Gasteiger charge is -2.38. The van der Waals surface area contributed by atoms with Crippen molar-refractivity contribution in [1.82, 2.24) is 4.98 Å². The van der Waals surface area contributed by atoms with E-state index in [2.05, 4.69) is 37.8 Å². The Labute approximate surface area is 117 Å². The van der Waals surface area contributed by atoms with Gasteiger partial charge < -0.3 is 10.6 Å². The van der Waals surface area contributed by atoms with Crippen LogP contribution in [0.3, 0.4) is 0 Å². The van der Waals surface area contributed by atoms with Gasteiger partial charge in [0.1, 0.15) is 5.82 Å². The molecule has 3 heteroatoms. The third-order valence-electron chi connectivity index (χ3n) is 4.08. The zero-order valence-electron chi connectivity index (χ0n) is 12.5. The third kappa shape index (κ3) is 3.47. The van der Waals surface area contributed by atoms with Gasteiger partial charge in [0.15, 0.2) is 0 Å². The molecule has 0 spiro atoms. The van der Waals surface area contributed by atoms with Crippen LogP contribution in [0, 0.1) is 5.92 Å². The molecular weight excluding hydrogens is 234 g/mol. The molecule has 0 aromatic carbocycles. The normalized spacial score (nSPS) is 23.7. The van der Waals surface area contributed by atoms with Gasteiger partial charge in [-0.2, -0.15) is 0 Å². The third-order valence-corrected chi connectivity index (χ3v) is 4.08. The first-order valence-corrected chi connectivity index (χ1v) is 7.60.